The smallest absolute Gasteiger partial charge is 0.329 e. The van der Waals surface area contributed by atoms with Crippen molar-refractivity contribution < 1.29 is 29.0 Å². The van der Waals surface area contributed by atoms with E-state index in [1.54, 1.807) is 13.0 Å². The van der Waals surface area contributed by atoms with Gasteiger partial charge in [-0.2, -0.15) is 5.10 Å². The first-order chi connectivity index (χ1) is 11.4. The highest BCUT2D eigenvalue weighted by molar-refractivity contribution is 9.10. The molecule has 0 aliphatic carbocycles. The first-order valence-electron chi connectivity index (χ1n) is 6.70. The van der Waals surface area contributed by atoms with Gasteiger partial charge in [-0.1, -0.05) is 0 Å². The molecule has 1 aromatic carbocycles. The third kappa shape index (κ3) is 5.88. The number of halogens is 1. The van der Waals surface area contributed by atoms with Crippen molar-refractivity contribution in [2.75, 3.05) is 20.3 Å². The Bertz CT molecular complexity index is 662. The van der Waals surface area contributed by atoms with E-state index in [1.807, 2.05) is 0 Å². The summed E-state index contributed by atoms with van der Waals surface area (Å²) in [5.74, 6) is -2.62. The van der Waals surface area contributed by atoms with Gasteiger partial charge in [-0.3, -0.25) is 9.59 Å². The molecule has 0 unspecified atom stereocenters. The number of benzene rings is 1. The van der Waals surface area contributed by atoms with Gasteiger partial charge in [0, 0.05) is 6.54 Å². The van der Waals surface area contributed by atoms with Gasteiger partial charge in [-0.25, -0.2) is 5.43 Å². The molecule has 9 nitrogen and oxygen atoms in total. The quantitative estimate of drug-likeness (QED) is 0.349. The number of methoxy groups -OCH3 is 1. The van der Waals surface area contributed by atoms with Crippen LogP contribution in [0.25, 0.3) is 0 Å². The van der Waals surface area contributed by atoms with Crippen LogP contribution in [0.15, 0.2) is 21.7 Å². The summed E-state index contributed by atoms with van der Waals surface area (Å²) in [6.45, 7) is 1.38. The van der Waals surface area contributed by atoms with Crippen LogP contribution in [0.1, 0.15) is 12.5 Å². The van der Waals surface area contributed by atoms with Crippen LogP contribution in [-0.2, 0) is 14.4 Å². The minimum absolute atomic E-state index is 0.185. The number of amides is 2. The zero-order valence-corrected chi connectivity index (χ0v) is 14.5. The third-order valence-corrected chi connectivity index (χ3v) is 3.10. The summed E-state index contributed by atoms with van der Waals surface area (Å²) in [5, 5.41) is 16.5. The second-order valence-electron chi connectivity index (χ2n) is 4.25. The van der Waals surface area contributed by atoms with Gasteiger partial charge in [0.15, 0.2) is 11.5 Å². The zero-order chi connectivity index (χ0) is 18.1. The van der Waals surface area contributed by atoms with Crippen LogP contribution in [0.3, 0.4) is 0 Å². The summed E-state index contributed by atoms with van der Waals surface area (Å²) in [7, 11) is 1.38. The van der Waals surface area contributed by atoms with Crippen molar-refractivity contribution >= 4 is 39.9 Å². The van der Waals surface area contributed by atoms with Gasteiger partial charge in [-0.05, 0) is 40.5 Å². The van der Waals surface area contributed by atoms with Gasteiger partial charge in [0.05, 0.1) is 23.8 Å². The molecule has 2 amide bonds. The molecular formula is C14H15BrN3O6-. The van der Waals surface area contributed by atoms with Crippen LogP contribution >= 0.6 is 15.9 Å². The Labute approximate surface area is 146 Å². The van der Waals surface area contributed by atoms with E-state index in [4.69, 9.17) is 9.47 Å². The topological polar surface area (TPSA) is 129 Å². The lowest BCUT2D eigenvalue weighted by molar-refractivity contribution is -0.307. The molecular weight excluding hydrogens is 386 g/mol. The van der Waals surface area contributed by atoms with Gasteiger partial charge >= 0.3 is 11.8 Å². The predicted molar refractivity (Wildman–Crippen MR) is 85.6 cm³/mol. The highest BCUT2D eigenvalue weighted by Crippen LogP contribution is 2.36. The fraction of sp³-hybridized carbons (Fsp3) is 0.286. The van der Waals surface area contributed by atoms with Crippen LogP contribution < -0.4 is 25.3 Å². The molecule has 1 rings (SSSR count). The number of likely N-dealkylation sites (N-methyl/N-ethyl adjacent to an activating group) is 1. The van der Waals surface area contributed by atoms with Crippen LogP contribution in [-0.4, -0.2) is 44.3 Å². The fourth-order valence-electron chi connectivity index (χ4n) is 1.54. The van der Waals surface area contributed by atoms with E-state index in [-0.39, 0.29) is 11.5 Å². The van der Waals surface area contributed by atoms with Crippen molar-refractivity contribution in [3.05, 3.63) is 22.2 Å². The molecule has 0 aliphatic rings. The van der Waals surface area contributed by atoms with Gasteiger partial charge in [0.25, 0.3) is 0 Å². The van der Waals surface area contributed by atoms with Crippen LogP contribution in [0, 0.1) is 0 Å². The number of hydrazone groups is 1. The van der Waals surface area contributed by atoms with E-state index in [0.717, 1.165) is 0 Å². The number of nitrogens with one attached hydrogen (secondary N) is 2. The van der Waals surface area contributed by atoms with Gasteiger partial charge in [-0.15, -0.1) is 0 Å². The Morgan fingerprint density at radius 1 is 1.33 bits per heavy atom. The van der Waals surface area contributed by atoms with Crippen molar-refractivity contribution in [1.29, 1.82) is 0 Å². The number of carboxylic acid groups (broad SMARTS) is 1. The third-order valence-electron chi connectivity index (χ3n) is 2.51. The first kappa shape index (κ1) is 19.4. The molecule has 0 radical (unpaired) electrons. The maximum Gasteiger partial charge on any atom is 0.329 e. The van der Waals surface area contributed by atoms with Crippen molar-refractivity contribution in [2.45, 2.75) is 6.92 Å². The molecule has 130 valence electrons. The Balaban J connectivity index is 2.84. The minimum Gasteiger partial charge on any atom is -0.546 e. The number of carboxylic acids is 1. The standard InChI is InChI=1S/C14H16BrN3O6/c1-3-16-13(21)14(22)18-17-6-8-4-9(15)12(10(5-8)23-2)24-7-11(19)20/h4-6H,3,7H2,1-2H3,(H,16,21)(H,18,22)(H,19,20)/p-1/b17-6-. The molecule has 0 saturated heterocycles. The normalized spacial score (nSPS) is 10.3. The van der Waals surface area contributed by atoms with E-state index < -0.39 is 24.4 Å². The number of ether oxygens (including phenoxy) is 2. The van der Waals surface area contributed by atoms with E-state index in [2.05, 4.69) is 31.8 Å². The van der Waals surface area contributed by atoms with Crippen molar-refractivity contribution in [3.8, 4) is 11.5 Å². The number of aliphatic carboxylic acids is 1. The molecule has 0 spiro atoms. The van der Waals surface area contributed by atoms with E-state index in [0.29, 0.717) is 16.6 Å². The molecule has 0 bridgehead atoms. The minimum atomic E-state index is -1.37. The highest BCUT2D eigenvalue weighted by atomic mass is 79.9. The Kier molecular flexibility index (Phi) is 7.69. The molecule has 1 aromatic rings. The van der Waals surface area contributed by atoms with E-state index in [9.17, 15) is 19.5 Å². The maximum atomic E-state index is 11.4. The Morgan fingerprint density at radius 2 is 2.04 bits per heavy atom. The summed E-state index contributed by atoms with van der Waals surface area (Å²) in [6.07, 6.45) is 1.28. The number of nitrogens with zero attached hydrogens (tertiary/aromatic N) is 1. The lowest BCUT2D eigenvalue weighted by Crippen LogP contribution is -2.37. The summed E-state index contributed by atoms with van der Waals surface area (Å²) < 4.78 is 10.6. The van der Waals surface area contributed by atoms with E-state index in [1.165, 1.54) is 19.4 Å². The second kappa shape index (κ2) is 9.50. The number of rotatable bonds is 7. The summed E-state index contributed by atoms with van der Waals surface area (Å²) in [6, 6.07) is 3.08. The van der Waals surface area contributed by atoms with Crippen molar-refractivity contribution in [3.63, 3.8) is 0 Å². The lowest BCUT2D eigenvalue weighted by Gasteiger charge is -2.13. The van der Waals surface area contributed by atoms with Gasteiger partial charge in [0.2, 0.25) is 0 Å². The summed E-state index contributed by atoms with van der Waals surface area (Å²) in [5.41, 5.74) is 2.58. The van der Waals surface area contributed by atoms with Crippen LogP contribution in [0.2, 0.25) is 0 Å². The zero-order valence-electron chi connectivity index (χ0n) is 12.9. The molecule has 24 heavy (non-hydrogen) atoms. The predicted octanol–water partition coefficient (Wildman–Crippen LogP) is -0.827. The SMILES string of the molecule is CCNC(=O)C(=O)N/N=C\c1cc(Br)c(OCC(=O)[O-])c(OC)c1. The molecule has 0 aromatic heterocycles. The summed E-state index contributed by atoms with van der Waals surface area (Å²) >= 11 is 3.22. The average Bonchev–Trinajstić information content (AvgIpc) is 2.53. The van der Waals surface area contributed by atoms with Crippen LogP contribution in [0.4, 0.5) is 0 Å². The average molecular weight is 401 g/mol. The monoisotopic (exact) mass is 400 g/mol. The van der Waals surface area contributed by atoms with Crippen molar-refractivity contribution in [2.24, 2.45) is 5.10 Å². The molecule has 0 fully saturated rings. The molecule has 10 heteroatoms. The van der Waals surface area contributed by atoms with E-state index >= 15 is 0 Å². The lowest BCUT2D eigenvalue weighted by atomic mass is 10.2. The largest absolute Gasteiger partial charge is 0.546 e. The molecule has 0 aliphatic heterocycles. The number of carbonyl (C=O) groups is 3. The number of hydrogen-bond acceptors (Lipinski definition) is 7. The highest BCUT2D eigenvalue weighted by Gasteiger charge is 2.12. The van der Waals surface area contributed by atoms with Crippen molar-refractivity contribution in [1.82, 2.24) is 10.7 Å². The molecule has 0 atom stereocenters. The Hall–Kier alpha value is -2.62. The van der Waals surface area contributed by atoms with Gasteiger partial charge < -0.3 is 24.7 Å². The molecule has 0 heterocycles. The number of hydrogen-bond donors (Lipinski definition) is 2. The van der Waals surface area contributed by atoms with Gasteiger partial charge in [0.1, 0.15) is 6.61 Å². The summed E-state index contributed by atoms with van der Waals surface area (Å²) in [4.78, 5) is 33.1. The molecule has 2 N–H and O–H groups in total. The first-order valence-corrected chi connectivity index (χ1v) is 7.49. The Morgan fingerprint density at radius 3 is 2.62 bits per heavy atom. The fourth-order valence-corrected chi connectivity index (χ4v) is 2.12. The second-order valence-corrected chi connectivity index (χ2v) is 5.11. The number of carbonyl (C=O) groups excluding carboxylic acids is 3. The van der Waals surface area contributed by atoms with Crippen LogP contribution in [0.5, 0.6) is 11.5 Å². The molecule has 0 saturated carbocycles. The maximum absolute atomic E-state index is 11.4.